The normalized spacial score (nSPS) is 17.7. The molecule has 48 heavy (non-hydrogen) atoms. The number of benzene rings is 2. The molecule has 1 fully saturated rings. The van der Waals surface area contributed by atoms with Crippen LogP contribution in [-0.2, 0) is 24.0 Å². The molecular weight excluding hydrogens is 669 g/mol. The van der Waals surface area contributed by atoms with E-state index in [0.717, 1.165) is 33.6 Å². The number of carbonyl (C=O) groups is 3. The molecule has 11 nitrogen and oxygen atoms in total. The van der Waals surface area contributed by atoms with Gasteiger partial charge in [0.25, 0.3) is 11.8 Å². The summed E-state index contributed by atoms with van der Waals surface area (Å²) in [5.74, 6) is -0.820. The largest absolute Gasteiger partial charge is 0.448 e. The predicted octanol–water partition coefficient (Wildman–Crippen LogP) is 4.86. The fourth-order valence-electron chi connectivity index (χ4n) is 5.18. The molecular formula is C34H30N6O5S3. The van der Waals surface area contributed by atoms with Gasteiger partial charge in [0.15, 0.2) is 16.9 Å². The van der Waals surface area contributed by atoms with E-state index in [9.17, 15) is 14.4 Å². The molecule has 2 aromatic heterocycles. The van der Waals surface area contributed by atoms with Crippen molar-refractivity contribution >= 4 is 69.6 Å². The molecule has 0 bridgehead atoms. The maximum absolute atomic E-state index is 14.2. The summed E-state index contributed by atoms with van der Waals surface area (Å²) >= 11 is 4.10. The first-order valence-electron chi connectivity index (χ1n) is 14.7. The summed E-state index contributed by atoms with van der Waals surface area (Å²) in [5, 5.41) is 9.81. The number of amides is 2. The van der Waals surface area contributed by atoms with E-state index < -0.39 is 35.3 Å². The van der Waals surface area contributed by atoms with Crippen molar-refractivity contribution in [3.63, 3.8) is 0 Å². The molecule has 2 aliphatic heterocycles. The van der Waals surface area contributed by atoms with Gasteiger partial charge in [-0.05, 0) is 39.8 Å². The van der Waals surface area contributed by atoms with Crippen molar-refractivity contribution in [1.82, 2.24) is 20.2 Å². The van der Waals surface area contributed by atoms with Gasteiger partial charge in [-0.3, -0.25) is 19.5 Å². The van der Waals surface area contributed by atoms with E-state index in [4.69, 9.17) is 15.3 Å². The predicted molar refractivity (Wildman–Crippen MR) is 189 cm³/mol. The van der Waals surface area contributed by atoms with Crippen LogP contribution >= 0.6 is 34.9 Å². The number of anilines is 1. The van der Waals surface area contributed by atoms with Gasteiger partial charge in [-0.15, -0.1) is 34.9 Å². The molecule has 4 heterocycles. The summed E-state index contributed by atoms with van der Waals surface area (Å²) in [6.07, 6.45) is 4.70. The van der Waals surface area contributed by atoms with Gasteiger partial charge < -0.3 is 20.6 Å². The molecule has 2 aliphatic rings. The summed E-state index contributed by atoms with van der Waals surface area (Å²) in [5.41, 5.74) is 9.34. The Morgan fingerprint density at radius 1 is 1.12 bits per heavy atom. The number of hydrogen-bond acceptors (Lipinski definition) is 12. The minimum Gasteiger partial charge on any atom is -0.448 e. The zero-order chi connectivity index (χ0) is 33.5. The highest BCUT2D eigenvalue weighted by Crippen LogP contribution is 2.42. The number of aromatic nitrogens is 2. The van der Waals surface area contributed by atoms with Crippen molar-refractivity contribution in [3.05, 3.63) is 130 Å². The van der Waals surface area contributed by atoms with Gasteiger partial charge in [0.1, 0.15) is 29.9 Å². The second-order valence-corrected chi connectivity index (χ2v) is 13.4. The van der Waals surface area contributed by atoms with Gasteiger partial charge in [-0.2, -0.15) is 0 Å². The van der Waals surface area contributed by atoms with Crippen LogP contribution in [0.25, 0.3) is 6.08 Å². The van der Waals surface area contributed by atoms with E-state index >= 15 is 0 Å². The van der Waals surface area contributed by atoms with E-state index in [-0.39, 0.29) is 22.2 Å². The summed E-state index contributed by atoms with van der Waals surface area (Å²) in [7, 11) is 1.31. The van der Waals surface area contributed by atoms with Crippen LogP contribution in [0.15, 0.2) is 112 Å². The summed E-state index contributed by atoms with van der Waals surface area (Å²) in [6.45, 7) is 0. The SMILES string of the molecule is CON=C(C(=O)NC1C(=O)N2C(C(=O)OC(c3ccccc3)c3ccccc3)=C(CS/C=C\c3cccnc3)CS[C@H]12)c1csc(N)n1. The lowest BCUT2D eigenvalue weighted by molar-refractivity contribution is -0.154. The zero-order valence-corrected chi connectivity index (χ0v) is 28.0. The number of pyridine rings is 1. The Balaban J connectivity index is 1.27. The molecule has 0 saturated carbocycles. The third-order valence-electron chi connectivity index (χ3n) is 7.42. The van der Waals surface area contributed by atoms with Gasteiger partial charge in [0, 0.05) is 29.3 Å². The Hall–Kier alpha value is -4.92. The molecule has 2 aromatic carbocycles. The molecule has 4 aromatic rings. The number of hydrogen-bond donors (Lipinski definition) is 2. The number of nitrogens with two attached hydrogens (primary N) is 1. The topological polar surface area (TPSA) is 149 Å². The number of thiazole rings is 1. The molecule has 0 radical (unpaired) electrons. The second kappa shape index (κ2) is 15.3. The van der Waals surface area contributed by atoms with Crippen molar-refractivity contribution in [2.75, 3.05) is 24.3 Å². The number of fused-ring (bicyclic) bond motifs is 1. The third-order valence-corrected chi connectivity index (χ3v) is 10.3. The highest BCUT2D eigenvalue weighted by atomic mass is 32.2. The van der Waals surface area contributed by atoms with Crippen LogP contribution < -0.4 is 11.1 Å². The van der Waals surface area contributed by atoms with E-state index in [2.05, 4.69) is 20.4 Å². The lowest BCUT2D eigenvalue weighted by atomic mass is 10.0. The zero-order valence-electron chi connectivity index (χ0n) is 25.6. The number of nitrogen functional groups attached to an aromatic ring is 1. The van der Waals surface area contributed by atoms with Crippen molar-refractivity contribution in [2.45, 2.75) is 17.5 Å². The van der Waals surface area contributed by atoms with Crippen molar-refractivity contribution in [2.24, 2.45) is 5.16 Å². The number of oxime groups is 1. The van der Waals surface area contributed by atoms with Crippen LogP contribution in [0.2, 0.25) is 0 Å². The fraction of sp³-hybridized carbons (Fsp3) is 0.176. The Labute approximate surface area is 289 Å². The Kier molecular flexibility index (Phi) is 10.5. The monoisotopic (exact) mass is 698 g/mol. The van der Waals surface area contributed by atoms with Gasteiger partial charge in [-0.25, -0.2) is 9.78 Å². The van der Waals surface area contributed by atoms with Crippen molar-refractivity contribution in [3.8, 4) is 0 Å². The number of carbonyl (C=O) groups excluding carboxylic acids is 3. The summed E-state index contributed by atoms with van der Waals surface area (Å²) in [6, 6.07) is 21.8. The van der Waals surface area contributed by atoms with E-state index in [1.165, 1.54) is 35.5 Å². The van der Waals surface area contributed by atoms with E-state index in [1.54, 1.807) is 17.8 Å². The minimum atomic E-state index is -0.915. The highest BCUT2D eigenvalue weighted by Gasteiger charge is 2.55. The third kappa shape index (κ3) is 7.30. The quantitative estimate of drug-likeness (QED) is 0.0909. The van der Waals surface area contributed by atoms with E-state index in [0.29, 0.717) is 11.5 Å². The molecule has 0 aliphatic carbocycles. The average molecular weight is 699 g/mol. The fourth-order valence-corrected chi connectivity index (χ4v) is 7.99. The summed E-state index contributed by atoms with van der Waals surface area (Å²) in [4.78, 5) is 55.8. The number of nitrogens with one attached hydrogen (secondary N) is 1. The van der Waals surface area contributed by atoms with E-state index in [1.807, 2.05) is 84.3 Å². The highest BCUT2D eigenvalue weighted by molar-refractivity contribution is 8.02. The van der Waals surface area contributed by atoms with Gasteiger partial charge in [0.05, 0.1) is 0 Å². The van der Waals surface area contributed by atoms with Crippen molar-refractivity contribution in [1.29, 1.82) is 0 Å². The smallest absolute Gasteiger partial charge is 0.356 e. The van der Waals surface area contributed by atoms with Crippen LogP contribution in [0, 0.1) is 0 Å². The van der Waals surface area contributed by atoms with Crippen molar-refractivity contribution < 1.29 is 24.0 Å². The Morgan fingerprint density at radius 2 is 1.85 bits per heavy atom. The number of rotatable bonds is 12. The molecule has 14 heteroatoms. The summed E-state index contributed by atoms with van der Waals surface area (Å²) < 4.78 is 6.24. The number of β-lactam (4-membered cyclic amide) rings is 1. The maximum atomic E-state index is 14.2. The number of thioether (sulfide) groups is 2. The van der Waals surface area contributed by atoms with Crippen LogP contribution in [0.1, 0.15) is 28.5 Å². The molecule has 244 valence electrons. The second-order valence-electron chi connectivity index (χ2n) is 10.5. The number of nitrogens with zero attached hydrogens (tertiary/aromatic N) is 4. The minimum absolute atomic E-state index is 0.112. The lowest BCUT2D eigenvalue weighted by Crippen LogP contribution is -2.71. The average Bonchev–Trinajstić information content (AvgIpc) is 3.56. The molecule has 2 amide bonds. The first-order chi connectivity index (χ1) is 23.4. The van der Waals surface area contributed by atoms with Gasteiger partial charge in [0.2, 0.25) is 0 Å². The number of ether oxygens (including phenoxy) is 1. The first kappa shape index (κ1) is 33.0. The Bertz CT molecular complexity index is 1830. The molecule has 1 saturated heterocycles. The lowest BCUT2D eigenvalue weighted by Gasteiger charge is -2.49. The van der Waals surface area contributed by atoms with Gasteiger partial charge in [-0.1, -0.05) is 71.9 Å². The van der Waals surface area contributed by atoms with Crippen LogP contribution in [0.5, 0.6) is 0 Å². The van der Waals surface area contributed by atoms with Crippen LogP contribution in [0.3, 0.4) is 0 Å². The first-order valence-corrected chi connectivity index (χ1v) is 17.7. The number of esters is 1. The standard InChI is InChI=1S/C34H30N6O5S3/c1-44-39-26(25-20-48-34(35)37-25)30(41)38-27-31(42)40-28(24(19-47-32(27)40)18-46-16-14-21-9-8-15-36-17-21)33(43)45-29(22-10-4-2-5-11-22)23-12-6-3-7-13-23/h2-17,20,27,29,32H,18-19H2,1H3,(H2,35,37)(H,38,41)/b16-14-,39-26?/t27?,32-/m1/s1. The molecule has 2 atom stereocenters. The van der Waals surface area contributed by atoms with Crippen LogP contribution in [-0.4, -0.2) is 68.4 Å². The van der Waals surface area contributed by atoms with Gasteiger partial charge >= 0.3 is 5.97 Å². The molecule has 3 N–H and O–H groups in total. The molecule has 0 spiro atoms. The van der Waals surface area contributed by atoms with Crippen LogP contribution in [0.4, 0.5) is 5.13 Å². The molecule has 1 unspecified atom stereocenters. The Morgan fingerprint density at radius 3 is 2.48 bits per heavy atom. The maximum Gasteiger partial charge on any atom is 0.356 e. The molecule has 6 rings (SSSR count).